The molecule has 0 N–H and O–H groups in total. The van der Waals surface area contributed by atoms with Gasteiger partial charge in [-0.1, -0.05) is 78.9 Å². The monoisotopic (exact) mass is 618 g/mol. The third kappa shape index (κ3) is 5.21. The van der Waals surface area contributed by atoms with E-state index in [0.717, 1.165) is 43.2 Å². The van der Waals surface area contributed by atoms with Crippen molar-refractivity contribution in [1.29, 1.82) is 0 Å². The van der Waals surface area contributed by atoms with Crippen LogP contribution in [0.5, 0.6) is 5.75 Å². The number of piperazine rings is 1. The summed E-state index contributed by atoms with van der Waals surface area (Å²) in [6.07, 6.45) is 0. The van der Waals surface area contributed by atoms with Crippen LogP contribution in [0.25, 0.3) is 0 Å². The lowest BCUT2D eigenvalue weighted by molar-refractivity contribution is -0.124. The summed E-state index contributed by atoms with van der Waals surface area (Å²) >= 11 is 1.44. The summed E-state index contributed by atoms with van der Waals surface area (Å²) in [7, 11) is 0. The summed E-state index contributed by atoms with van der Waals surface area (Å²) in [4.78, 5) is 35.8. The summed E-state index contributed by atoms with van der Waals surface area (Å²) in [6.45, 7) is 8.31. The lowest BCUT2D eigenvalue weighted by Crippen LogP contribution is -2.54. The van der Waals surface area contributed by atoms with E-state index in [4.69, 9.17) is 4.74 Å². The Morgan fingerprint density at radius 3 is 2.02 bits per heavy atom. The quantitative estimate of drug-likeness (QED) is 0.237. The predicted octanol–water partition coefficient (Wildman–Crippen LogP) is 6.12. The number of carbonyl (C=O) groups excluding carboxylic acids is 2. The molecule has 0 radical (unpaired) electrons. The summed E-state index contributed by atoms with van der Waals surface area (Å²) in [5, 5.41) is -0.357. The zero-order valence-electron chi connectivity index (χ0n) is 25.7. The van der Waals surface area contributed by atoms with Gasteiger partial charge in [0.25, 0.3) is 5.91 Å². The Hall–Kier alpha value is -4.11. The van der Waals surface area contributed by atoms with Gasteiger partial charge in [0, 0.05) is 37.4 Å². The van der Waals surface area contributed by atoms with Gasteiger partial charge in [0.15, 0.2) is 0 Å². The molecule has 7 rings (SSSR count). The maximum Gasteiger partial charge on any atom is 0.269 e. The molecule has 2 unspecified atom stereocenters. The minimum absolute atomic E-state index is 0.0596. The minimum atomic E-state index is -1.15. The first-order valence-electron chi connectivity index (χ1n) is 15.7. The van der Waals surface area contributed by atoms with Gasteiger partial charge in [-0.3, -0.25) is 29.2 Å². The van der Waals surface area contributed by atoms with Gasteiger partial charge in [0.1, 0.15) is 5.75 Å². The number of para-hydroxylation sites is 1. The maximum atomic E-state index is 14.7. The van der Waals surface area contributed by atoms with E-state index in [-0.39, 0.29) is 23.1 Å². The van der Waals surface area contributed by atoms with Gasteiger partial charge in [-0.2, -0.15) is 0 Å². The van der Waals surface area contributed by atoms with Crippen LogP contribution in [0.1, 0.15) is 36.6 Å². The molecule has 0 aliphatic carbocycles. The van der Waals surface area contributed by atoms with E-state index in [1.54, 1.807) is 4.90 Å². The summed E-state index contributed by atoms with van der Waals surface area (Å²) < 4.78 is 5.65. The molecule has 2 fully saturated rings. The fourth-order valence-electron chi connectivity index (χ4n) is 6.98. The Morgan fingerprint density at radius 2 is 1.40 bits per heavy atom. The number of carbonyl (C=O) groups is 2. The summed E-state index contributed by atoms with van der Waals surface area (Å²) in [6, 6.07) is 37.1. The van der Waals surface area contributed by atoms with Crippen molar-refractivity contribution in [3.63, 3.8) is 0 Å². The molecule has 7 nitrogen and oxygen atoms in total. The molecular weight excluding hydrogens is 580 g/mol. The first kappa shape index (κ1) is 29.6. The normalized spacial score (nSPS) is 22.1. The first-order valence-corrected chi connectivity index (χ1v) is 16.6. The van der Waals surface area contributed by atoms with Crippen LogP contribution in [-0.4, -0.2) is 66.3 Å². The van der Waals surface area contributed by atoms with Crippen molar-refractivity contribution in [2.24, 2.45) is 0 Å². The van der Waals surface area contributed by atoms with Crippen molar-refractivity contribution in [2.75, 3.05) is 49.3 Å². The van der Waals surface area contributed by atoms with Crippen LogP contribution in [0.4, 0.5) is 11.4 Å². The number of rotatable bonds is 8. The van der Waals surface area contributed by atoms with E-state index in [1.165, 1.54) is 22.9 Å². The summed E-state index contributed by atoms with van der Waals surface area (Å²) in [5.74, 6) is 0.619. The van der Waals surface area contributed by atoms with Crippen LogP contribution in [0.3, 0.4) is 0 Å². The highest BCUT2D eigenvalue weighted by molar-refractivity contribution is 8.03. The molecule has 0 bridgehead atoms. The van der Waals surface area contributed by atoms with Gasteiger partial charge >= 0.3 is 0 Å². The van der Waals surface area contributed by atoms with Crippen LogP contribution in [-0.2, 0) is 14.5 Å². The van der Waals surface area contributed by atoms with Gasteiger partial charge in [0.2, 0.25) is 10.8 Å². The molecule has 1 spiro atoms. The summed E-state index contributed by atoms with van der Waals surface area (Å²) in [5.41, 5.74) is 5.02. The molecule has 4 aromatic carbocycles. The van der Waals surface area contributed by atoms with E-state index < -0.39 is 4.87 Å². The van der Waals surface area contributed by atoms with Gasteiger partial charge in [0.05, 0.1) is 30.3 Å². The van der Waals surface area contributed by atoms with Crippen molar-refractivity contribution in [2.45, 2.75) is 30.0 Å². The Labute approximate surface area is 269 Å². The number of amides is 2. The molecule has 2 atom stereocenters. The lowest BCUT2D eigenvalue weighted by atomic mass is 9.96. The third-order valence-corrected chi connectivity index (χ3v) is 10.5. The van der Waals surface area contributed by atoms with Crippen molar-refractivity contribution >= 4 is 35.0 Å². The highest BCUT2D eigenvalue weighted by atomic mass is 32.2. The standard InChI is InChI=1S/C37H38N4O3S/c1-3-44-31-20-18-30(19-21-31)41-35(42)27(2)45-37(41)32-16-10-11-17-33(32)40(36(37)43)26-38-22-24-39(25-23-38)34(28-12-6-4-7-13-28)29-14-8-5-9-15-29/h4-21,27,34H,3,22-26H2,1-2H3. The second-order valence-corrected chi connectivity index (χ2v) is 13.3. The second-order valence-electron chi connectivity index (χ2n) is 11.8. The van der Waals surface area contributed by atoms with Crippen LogP contribution < -0.4 is 14.5 Å². The van der Waals surface area contributed by atoms with Gasteiger partial charge in [-0.25, -0.2) is 0 Å². The highest BCUT2D eigenvalue weighted by Crippen LogP contribution is 2.57. The first-order chi connectivity index (χ1) is 22.0. The molecule has 0 aromatic heterocycles. The number of anilines is 2. The topological polar surface area (TPSA) is 56.3 Å². The Morgan fingerprint density at radius 1 is 0.800 bits per heavy atom. The number of ether oxygens (including phenoxy) is 1. The second kappa shape index (κ2) is 12.4. The van der Waals surface area contributed by atoms with E-state index in [1.807, 2.05) is 67.3 Å². The molecule has 2 amide bonds. The van der Waals surface area contributed by atoms with Crippen LogP contribution >= 0.6 is 11.8 Å². The molecule has 3 aliphatic rings. The van der Waals surface area contributed by atoms with Crippen molar-refractivity contribution in [3.8, 4) is 5.75 Å². The zero-order chi connectivity index (χ0) is 31.0. The largest absolute Gasteiger partial charge is 0.494 e. The number of benzene rings is 4. The average molecular weight is 619 g/mol. The fraction of sp³-hybridized carbons (Fsp3) is 0.297. The number of nitrogens with zero attached hydrogens (tertiary/aromatic N) is 4. The molecular formula is C37H38N4O3S. The van der Waals surface area contributed by atoms with E-state index in [0.29, 0.717) is 19.0 Å². The van der Waals surface area contributed by atoms with Crippen LogP contribution in [0.2, 0.25) is 0 Å². The minimum Gasteiger partial charge on any atom is -0.494 e. The Balaban J connectivity index is 1.14. The van der Waals surface area contributed by atoms with Crippen molar-refractivity contribution in [3.05, 3.63) is 126 Å². The number of fused-ring (bicyclic) bond motifs is 2. The molecule has 2 saturated heterocycles. The predicted molar refractivity (Wildman–Crippen MR) is 180 cm³/mol. The van der Waals surface area contributed by atoms with E-state index in [9.17, 15) is 9.59 Å². The van der Waals surface area contributed by atoms with E-state index >= 15 is 0 Å². The molecule has 8 heteroatoms. The fourth-order valence-corrected chi connectivity index (χ4v) is 8.51. The lowest BCUT2D eigenvalue weighted by Gasteiger charge is -2.41. The highest BCUT2D eigenvalue weighted by Gasteiger charge is 2.63. The average Bonchev–Trinajstić information content (AvgIpc) is 3.48. The SMILES string of the molecule is CCOc1ccc(N2C(=O)C(C)SC23C(=O)N(CN2CCN(C(c4ccccc4)c4ccccc4)CC2)c2ccccc23)cc1. The van der Waals surface area contributed by atoms with Crippen molar-refractivity contribution < 1.29 is 14.3 Å². The van der Waals surface area contributed by atoms with Crippen LogP contribution in [0, 0.1) is 0 Å². The van der Waals surface area contributed by atoms with E-state index in [2.05, 4.69) is 70.5 Å². The Kier molecular flexibility index (Phi) is 8.12. The third-order valence-electron chi connectivity index (χ3n) is 9.08. The molecule has 45 heavy (non-hydrogen) atoms. The van der Waals surface area contributed by atoms with Gasteiger partial charge < -0.3 is 4.74 Å². The van der Waals surface area contributed by atoms with Gasteiger partial charge in [-0.05, 0) is 55.3 Å². The molecule has 3 heterocycles. The Bertz CT molecular complexity index is 1620. The smallest absolute Gasteiger partial charge is 0.269 e. The molecule has 4 aromatic rings. The van der Waals surface area contributed by atoms with Crippen molar-refractivity contribution in [1.82, 2.24) is 9.80 Å². The number of hydrogen-bond acceptors (Lipinski definition) is 6. The van der Waals surface area contributed by atoms with Gasteiger partial charge in [-0.15, -0.1) is 11.8 Å². The molecule has 3 aliphatic heterocycles. The van der Waals surface area contributed by atoms with Crippen LogP contribution in [0.15, 0.2) is 109 Å². The maximum absolute atomic E-state index is 14.7. The number of hydrogen-bond donors (Lipinski definition) is 0. The molecule has 230 valence electrons. The molecule has 0 saturated carbocycles. The number of thioether (sulfide) groups is 1. The zero-order valence-corrected chi connectivity index (χ0v) is 26.5.